The second-order valence-corrected chi connectivity index (χ2v) is 4.31. The molecule has 0 aliphatic heterocycles. The number of nitrogen functional groups attached to an aromatic ring is 1. The van der Waals surface area contributed by atoms with Crippen LogP contribution in [-0.4, -0.2) is 4.98 Å². The lowest BCUT2D eigenvalue weighted by Gasteiger charge is -2.07. The number of hydrogen-bond donors (Lipinski definition) is 2. The van der Waals surface area contributed by atoms with E-state index in [1.165, 1.54) is 18.3 Å². The number of halogens is 2. The predicted molar refractivity (Wildman–Crippen MR) is 60.9 cm³/mol. The Morgan fingerprint density at radius 1 is 1.38 bits per heavy atom. The Morgan fingerprint density at radius 2 is 2.12 bits per heavy atom. The Balaban J connectivity index is 2.37. The van der Waals surface area contributed by atoms with Crippen molar-refractivity contribution < 1.29 is 8.78 Å². The molecule has 0 spiro atoms. The summed E-state index contributed by atoms with van der Waals surface area (Å²) < 4.78 is 27.0. The zero-order valence-corrected chi connectivity index (χ0v) is 9.24. The second-order valence-electron chi connectivity index (χ2n) is 3.25. The molecule has 84 valence electrons. The van der Waals surface area contributed by atoms with E-state index in [0.717, 1.165) is 11.3 Å². The third-order valence-electron chi connectivity index (χ3n) is 2.04. The molecule has 0 aliphatic carbocycles. The van der Waals surface area contributed by atoms with Gasteiger partial charge in [0.15, 0.2) is 10.9 Å². The smallest absolute Gasteiger partial charge is 0.189 e. The first-order valence-corrected chi connectivity index (χ1v) is 5.32. The van der Waals surface area contributed by atoms with E-state index in [4.69, 9.17) is 5.73 Å². The third kappa shape index (κ3) is 1.96. The van der Waals surface area contributed by atoms with Gasteiger partial charge in [-0.25, -0.2) is 13.8 Å². The molecule has 16 heavy (non-hydrogen) atoms. The number of benzene rings is 1. The molecular weight excluding hydrogens is 232 g/mol. The van der Waals surface area contributed by atoms with E-state index in [1.54, 1.807) is 6.92 Å². The molecule has 1 aromatic carbocycles. The Kier molecular flexibility index (Phi) is 2.74. The number of aromatic nitrogens is 1. The van der Waals surface area contributed by atoms with Gasteiger partial charge in [-0.3, -0.25) is 0 Å². The number of hydrogen-bond acceptors (Lipinski definition) is 4. The van der Waals surface area contributed by atoms with Gasteiger partial charge in [-0.15, -0.1) is 0 Å². The summed E-state index contributed by atoms with van der Waals surface area (Å²) >= 11 is 1.13. The lowest BCUT2D eigenvalue weighted by atomic mass is 10.2. The molecule has 0 amide bonds. The van der Waals surface area contributed by atoms with E-state index < -0.39 is 11.6 Å². The lowest BCUT2D eigenvalue weighted by Crippen LogP contribution is -1.98. The summed E-state index contributed by atoms with van der Waals surface area (Å²) in [4.78, 5) is 3.87. The summed E-state index contributed by atoms with van der Waals surface area (Å²) in [5, 5.41) is 3.42. The van der Waals surface area contributed by atoms with Crippen molar-refractivity contribution in [2.24, 2.45) is 0 Å². The van der Waals surface area contributed by atoms with Gasteiger partial charge in [0.25, 0.3) is 0 Å². The molecule has 2 rings (SSSR count). The molecule has 0 saturated carbocycles. The molecule has 0 fully saturated rings. The molecule has 3 N–H and O–H groups in total. The summed E-state index contributed by atoms with van der Waals surface area (Å²) in [6.45, 7) is 1.57. The minimum Gasteiger partial charge on any atom is -0.389 e. The highest BCUT2D eigenvalue weighted by Gasteiger charge is 2.12. The minimum absolute atomic E-state index is 0.200. The molecule has 0 aliphatic rings. The van der Waals surface area contributed by atoms with Crippen LogP contribution in [0.5, 0.6) is 0 Å². The van der Waals surface area contributed by atoms with Crippen LogP contribution in [0.3, 0.4) is 0 Å². The van der Waals surface area contributed by atoms with Crippen molar-refractivity contribution in [1.29, 1.82) is 0 Å². The molecule has 2 aromatic rings. The Hall–Kier alpha value is -1.69. The summed E-state index contributed by atoms with van der Waals surface area (Å²) in [6.07, 6.45) is 1.43. The van der Waals surface area contributed by atoms with Crippen LogP contribution in [0.4, 0.5) is 24.6 Å². The van der Waals surface area contributed by atoms with E-state index >= 15 is 0 Å². The maximum absolute atomic E-state index is 13.6. The fourth-order valence-electron chi connectivity index (χ4n) is 1.22. The van der Waals surface area contributed by atoms with Crippen LogP contribution < -0.4 is 11.1 Å². The highest BCUT2D eigenvalue weighted by molar-refractivity contribution is 7.19. The van der Waals surface area contributed by atoms with Gasteiger partial charge in [-0.1, -0.05) is 17.4 Å². The number of aryl methyl sites for hydroxylation is 1. The van der Waals surface area contributed by atoms with E-state index in [2.05, 4.69) is 10.3 Å². The first-order valence-electron chi connectivity index (χ1n) is 4.51. The van der Waals surface area contributed by atoms with Crippen molar-refractivity contribution in [3.63, 3.8) is 0 Å². The average Bonchev–Trinajstić information content (AvgIpc) is 2.65. The fourth-order valence-corrected chi connectivity index (χ4v) is 1.81. The van der Waals surface area contributed by atoms with E-state index in [1.807, 2.05) is 0 Å². The third-order valence-corrected chi connectivity index (χ3v) is 2.78. The van der Waals surface area contributed by atoms with Gasteiger partial charge in [-0.2, -0.15) is 0 Å². The zero-order chi connectivity index (χ0) is 11.7. The zero-order valence-electron chi connectivity index (χ0n) is 8.42. The number of rotatable bonds is 2. The van der Waals surface area contributed by atoms with Crippen LogP contribution in [0.25, 0.3) is 0 Å². The van der Waals surface area contributed by atoms with Crippen LogP contribution >= 0.6 is 11.3 Å². The van der Waals surface area contributed by atoms with Crippen molar-refractivity contribution in [1.82, 2.24) is 4.98 Å². The predicted octanol–water partition coefficient (Wildman–Crippen LogP) is 3.06. The van der Waals surface area contributed by atoms with E-state index in [0.29, 0.717) is 15.7 Å². The maximum atomic E-state index is 13.6. The monoisotopic (exact) mass is 241 g/mol. The summed E-state index contributed by atoms with van der Waals surface area (Å²) in [6, 6.07) is 2.59. The van der Waals surface area contributed by atoms with Crippen LogP contribution in [0.1, 0.15) is 5.56 Å². The molecule has 6 heteroatoms. The first-order chi connectivity index (χ1) is 7.58. The number of nitrogens with two attached hydrogens (primary N) is 1. The molecular formula is C10H9F2N3S. The van der Waals surface area contributed by atoms with Crippen LogP contribution in [0.2, 0.25) is 0 Å². The summed E-state index contributed by atoms with van der Waals surface area (Å²) in [7, 11) is 0. The van der Waals surface area contributed by atoms with Crippen LogP contribution in [0, 0.1) is 18.6 Å². The van der Waals surface area contributed by atoms with E-state index in [-0.39, 0.29) is 5.69 Å². The van der Waals surface area contributed by atoms with Crippen molar-refractivity contribution in [2.45, 2.75) is 6.92 Å². The highest BCUT2D eigenvalue weighted by atomic mass is 32.1. The van der Waals surface area contributed by atoms with Crippen molar-refractivity contribution in [3.8, 4) is 0 Å². The molecule has 0 saturated heterocycles. The number of nitrogens with one attached hydrogen (secondary N) is 1. The van der Waals surface area contributed by atoms with Gasteiger partial charge in [0.05, 0.1) is 6.20 Å². The number of anilines is 3. The highest BCUT2D eigenvalue weighted by Crippen LogP contribution is 2.28. The Morgan fingerprint density at radius 3 is 2.75 bits per heavy atom. The summed E-state index contributed by atoms with van der Waals surface area (Å²) in [5.74, 6) is -1.27. The number of thiazole rings is 1. The molecule has 0 atom stereocenters. The van der Waals surface area contributed by atoms with Gasteiger partial charge in [0, 0.05) is 0 Å². The average molecular weight is 241 g/mol. The largest absolute Gasteiger partial charge is 0.389 e. The molecule has 0 unspecified atom stereocenters. The van der Waals surface area contributed by atoms with Crippen molar-refractivity contribution in [3.05, 3.63) is 35.5 Å². The summed E-state index contributed by atoms with van der Waals surface area (Å²) in [5.41, 5.74) is 5.64. The fraction of sp³-hybridized carbons (Fsp3) is 0.100. The van der Waals surface area contributed by atoms with Gasteiger partial charge in [-0.05, 0) is 18.6 Å². The minimum atomic E-state index is -0.656. The van der Waals surface area contributed by atoms with Gasteiger partial charge in [0.1, 0.15) is 16.5 Å². The van der Waals surface area contributed by atoms with Crippen LogP contribution in [-0.2, 0) is 0 Å². The Bertz CT molecular complexity index is 525. The van der Waals surface area contributed by atoms with Crippen LogP contribution in [0.15, 0.2) is 18.3 Å². The SMILES string of the molecule is Cc1ccc(F)c(Nc2ncc(N)s2)c1F. The molecule has 3 nitrogen and oxygen atoms in total. The van der Waals surface area contributed by atoms with Gasteiger partial charge in [0.2, 0.25) is 0 Å². The molecule has 1 aromatic heterocycles. The quantitative estimate of drug-likeness (QED) is 0.849. The normalized spacial score (nSPS) is 10.4. The first kappa shape index (κ1) is 10.8. The topological polar surface area (TPSA) is 50.9 Å². The van der Waals surface area contributed by atoms with Crippen molar-refractivity contribution in [2.75, 3.05) is 11.1 Å². The van der Waals surface area contributed by atoms with Crippen molar-refractivity contribution >= 4 is 27.2 Å². The van der Waals surface area contributed by atoms with E-state index in [9.17, 15) is 8.78 Å². The Labute approximate surface area is 94.9 Å². The lowest BCUT2D eigenvalue weighted by molar-refractivity contribution is 0.585. The second kappa shape index (κ2) is 4.05. The molecule has 0 radical (unpaired) electrons. The molecule has 1 heterocycles. The standard InChI is InChI=1S/C10H9F2N3S/c1-5-2-3-6(11)9(8(5)12)15-10-14-4-7(13)16-10/h2-4H,13H2,1H3,(H,14,15). The maximum Gasteiger partial charge on any atom is 0.189 e. The molecule has 0 bridgehead atoms. The number of nitrogens with zero attached hydrogens (tertiary/aromatic N) is 1. The van der Waals surface area contributed by atoms with Gasteiger partial charge >= 0.3 is 0 Å². The van der Waals surface area contributed by atoms with Gasteiger partial charge < -0.3 is 11.1 Å².